The van der Waals surface area contributed by atoms with Crippen LogP contribution in [0.2, 0.25) is 0 Å². The fraction of sp³-hybridized carbons (Fsp3) is 0.238. The lowest BCUT2D eigenvalue weighted by Gasteiger charge is -2.12. The SMILES string of the molecule is O=CCCCCc1cn(Cc2ccccc2)c(=O)c2ccccc12. The Morgan fingerprint density at radius 2 is 1.58 bits per heavy atom. The largest absolute Gasteiger partial charge is 0.310 e. The molecule has 0 saturated heterocycles. The first-order valence-electron chi connectivity index (χ1n) is 8.38. The zero-order valence-electron chi connectivity index (χ0n) is 13.7. The first kappa shape index (κ1) is 16.2. The van der Waals surface area contributed by atoms with Crippen molar-refractivity contribution in [3.05, 3.63) is 82.3 Å². The summed E-state index contributed by atoms with van der Waals surface area (Å²) in [6.07, 6.45) is 6.26. The van der Waals surface area contributed by atoms with Crippen LogP contribution < -0.4 is 5.56 Å². The van der Waals surface area contributed by atoms with Crippen LogP contribution in [0, 0.1) is 0 Å². The summed E-state index contributed by atoms with van der Waals surface area (Å²) in [4.78, 5) is 23.3. The molecule has 3 nitrogen and oxygen atoms in total. The van der Waals surface area contributed by atoms with Crippen LogP contribution in [0.1, 0.15) is 30.4 Å². The second kappa shape index (κ2) is 7.73. The third kappa shape index (κ3) is 3.62. The maximum atomic E-state index is 12.8. The second-order valence-electron chi connectivity index (χ2n) is 6.03. The molecule has 0 saturated carbocycles. The summed E-state index contributed by atoms with van der Waals surface area (Å²) in [5, 5.41) is 1.79. The van der Waals surface area contributed by atoms with Gasteiger partial charge in [0.25, 0.3) is 5.56 Å². The van der Waals surface area contributed by atoms with Gasteiger partial charge >= 0.3 is 0 Å². The Morgan fingerprint density at radius 1 is 0.875 bits per heavy atom. The van der Waals surface area contributed by atoms with Gasteiger partial charge < -0.3 is 9.36 Å². The molecule has 3 aromatic rings. The fourth-order valence-corrected chi connectivity index (χ4v) is 3.06. The summed E-state index contributed by atoms with van der Waals surface area (Å²) in [6.45, 7) is 0.575. The number of carbonyl (C=O) groups is 1. The highest BCUT2D eigenvalue weighted by Gasteiger charge is 2.08. The van der Waals surface area contributed by atoms with Crippen molar-refractivity contribution in [2.45, 2.75) is 32.2 Å². The molecule has 0 N–H and O–H groups in total. The van der Waals surface area contributed by atoms with E-state index in [-0.39, 0.29) is 5.56 Å². The summed E-state index contributed by atoms with van der Waals surface area (Å²) in [5.74, 6) is 0. The predicted molar refractivity (Wildman–Crippen MR) is 97.4 cm³/mol. The van der Waals surface area contributed by atoms with Crippen LogP contribution in [-0.4, -0.2) is 10.9 Å². The first-order valence-corrected chi connectivity index (χ1v) is 8.38. The molecule has 0 atom stereocenters. The predicted octanol–water partition coefficient (Wildman–Crippen LogP) is 3.96. The minimum Gasteiger partial charge on any atom is -0.310 e. The number of nitrogens with zero attached hydrogens (tertiary/aromatic N) is 1. The Kier molecular flexibility index (Phi) is 5.22. The quantitative estimate of drug-likeness (QED) is 0.488. The molecule has 24 heavy (non-hydrogen) atoms. The number of hydrogen-bond donors (Lipinski definition) is 0. The molecule has 0 radical (unpaired) electrons. The van der Waals surface area contributed by atoms with Crippen molar-refractivity contribution < 1.29 is 4.79 Å². The second-order valence-corrected chi connectivity index (χ2v) is 6.03. The van der Waals surface area contributed by atoms with E-state index in [1.807, 2.05) is 60.8 Å². The lowest BCUT2D eigenvalue weighted by molar-refractivity contribution is -0.107. The molecule has 0 amide bonds. The van der Waals surface area contributed by atoms with Crippen LogP contribution in [0.4, 0.5) is 0 Å². The van der Waals surface area contributed by atoms with Gasteiger partial charge in [-0.05, 0) is 41.8 Å². The van der Waals surface area contributed by atoms with Crippen molar-refractivity contribution in [3.8, 4) is 0 Å². The van der Waals surface area contributed by atoms with Crippen molar-refractivity contribution in [3.63, 3.8) is 0 Å². The summed E-state index contributed by atoms with van der Waals surface area (Å²) >= 11 is 0. The zero-order chi connectivity index (χ0) is 16.8. The molecule has 0 aliphatic heterocycles. The van der Waals surface area contributed by atoms with Gasteiger partial charge in [0, 0.05) is 18.0 Å². The number of unbranched alkanes of at least 4 members (excludes halogenated alkanes) is 2. The van der Waals surface area contributed by atoms with E-state index in [1.54, 1.807) is 4.57 Å². The minimum absolute atomic E-state index is 0.0473. The van der Waals surface area contributed by atoms with Crippen molar-refractivity contribution in [2.24, 2.45) is 0 Å². The van der Waals surface area contributed by atoms with E-state index in [4.69, 9.17) is 0 Å². The van der Waals surface area contributed by atoms with Crippen LogP contribution in [0.25, 0.3) is 10.8 Å². The van der Waals surface area contributed by atoms with Gasteiger partial charge in [-0.3, -0.25) is 4.79 Å². The van der Waals surface area contributed by atoms with E-state index >= 15 is 0 Å². The van der Waals surface area contributed by atoms with Crippen molar-refractivity contribution in [1.82, 2.24) is 4.57 Å². The number of hydrogen-bond acceptors (Lipinski definition) is 2. The number of fused-ring (bicyclic) bond motifs is 1. The molecule has 3 heteroatoms. The molecular weight excluding hydrogens is 298 g/mol. The topological polar surface area (TPSA) is 39.1 Å². The van der Waals surface area contributed by atoms with Crippen LogP contribution in [0.5, 0.6) is 0 Å². The molecule has 0 spiro atoms. The molecule has 0 fully saturated rings. The van der Waals surface area contributed by atoms with Gasteiger partial charge in [-0.25, -0.2) is 0 Å². The van der Waals surface area contributed by atoms with E-state index in [1.165, 1.54) is 5.56 Å². The summed E-state index contributed by atoms with van der Waals surface area (Å²) < 4.78 is 1.80. The number of benzene rings is 2. The molecule has 2 aromatic carbocycles. The van der Waals surface area contributed by atoms with Crippen molar-refractivity contribution in [2.75, 3.05) is 0 Å². The maximum absolute atomic E-state index is 12.8. The number of carbonyl (C=O) groups excluding carboxylic acids is 1. The van der Waals surface area contributed by atoms with E-state index in [9.17, 15) is 9.59 Å². The molecule has 0 bridgehead atoms. The molecule has 0 aliphatic rings. The van der Waals surface area contributed by atoms with Crippen molar-refractivity contribution in [1.29, 1.82) is 0 Å². The summed E-state index contributed by atoms with van der Waals surface area (Å²) in [6, 6.07) is 17.8. The van der Waals surface area contributed by atoms with Gasteiger partial charge in [0.05, 0.1) is 6.54 Å². The Labute approximate surface area is 141 Å². The van der Waals surface area contributed by atoms with Crippen LogP contribution in [-0.2, 0) is 17.8 Å². The van der Waals surface area contributed by atoms with E-state index < -0.39 is 0 Å². The third-order valence-corrected chi connectivity index (χ3v) is 4.29. The number of aromatic nitrogens is 1. The summed E-state index contributed by atoms with van der Waals surface area (Å²) in [5.41, 5.74) is 2.33. The number of rotatable bonds is 7. The van der Waals surface area contributed by atoms with Crippen molar-refractivity contribution >= 4 is 17.1 Å². The third-order valence-electron chi connectivity index (χ3n) is 4.29. The number of aryl methyl sites for hydroxylation is 1. The standard InChI is InChI=1S/C21H21NO2/c23-14-8-2-5-11-18-16-22(15-17-9-3-1-4-10-17)21(24)20-13-7-6-12-19(18)20/h1,3-4,6-7,9-10,12-14,16H,2,5,8,11,15H2. The molecule has 122 valence electrons. The zero-order valence-corrected chi connectivity index (χ0v) is 13.7. The average Bonchev–Trinajstić information content (AvgIpc) is 2.63. The van der Waals surface area contributed by atoms with Gasteiger partial charge in [0.15, 0.2) is 0 Å². The van der Waals surface area contributed by atoms with Gasteiger partial charge in [-0.2, -0.15) is 0 Å². The van der Waals surface area contributed by atoms with Crippen LogP contribution in [0.15, 0.2) is 65.6 Å². The molecule has 0 unspecified atom stereocenters. The molecule has 3 rings (SSSR count). The highest BCUT2D eigenvalue weighted by atomic mass is 16.1. The highest BCUT2D eigenvalue weighted by Crippen LogP contribution is 2.18. The summed E-state index contributed by atoms with van der Waals surface area (Å²) in [7, 11) is 0. The number of pyridine rings is 1. The highest BCUT2D eigenvalue weighted by molar-refractivity contribution is 5.84. The lowest BCUT2D eigenvalue weighted by atomic mass is 10.0. The van der Waals surface area contributed by atoms with Gasteiger partial charge in [-0.15, -0.1) is 0 Å². The molecular formula is C21H21NO2. The molecule has 0 aliphatic carbocycles. The Morgan fingerprint density at radius 3 is 2.33 bits per heavy atom. The minimum atomic E-state index is 0.0473. The molecule has 1 aromatic heterocycles. The van der Waals surface area contributed by atoms with E-state index in [0.29, 0.717) is 13.0 Å². The Balaban J connectivity index is 1.98. The normalized spacial score (nSPS) is 10.8. The Hall–Kier alpha value is -2.68. The van der Waals surface area contributed by atoms with Gasteiger partial charge in [-0.1, -0.05) is 48.5 Å². The molecule has 1 heterocycles. The lowest BCUT2D eigenvalue weighted by Crippen LogP contribution is -2.21. The monoisotopic (exact) mass is 319 g/mol. The van der Waals surface area contributed by atoms with E-state index in [0.717, 1.165) is 41.9 Å². The Bertz CT molecular complexity index is 881. The van der Waals surface area contributed by atoms with Crippen LogP contribution >= 0.6 is 0 Å². The van der Waals surface area contributed by atoms with Gasteiger partial charge in [0.1, 0.15) is 6.29 Å². The smallest absolute Gasteiger partial charge is 0.258 e. The fourth-order valence-electron chi connectivity index (χ4n) is 3.06. The average molecular weight is 319 g/mol. The van der Waals surface area contributed by atoms with Crippen LogP contribution in [0.3, 0.4) is 0 Å². The first-order chi connectivity index (χ1) is 11.8. The van der Waals surface area contributed by atoms with E-state index in [2.05, 4.69) is 0 Å². The van der Waals surface area contributed by atoms with Gasteiger partial charge in [0.2, 0.25) is 0 Å². The number of aldehydes is 1. The maximum Gasteiger partial charge on any atom is 0.258 e.